The van der Waals surface area contributed by atoms with Crippen molar-refractivity contribution in [2.45, 2.75) is 46.1 Å². The highest BCUT2D eigenvalue weighted by Gasteiger charge is 2.08. The van der Waals surface area contributed by atoms with Crippen molar-refractivity contribution in [3.8, 4) is 0 Å². The van der Waals surface area contributed by atoms with E-state index in [1.54, 1.807) is 6.92 Å². The summed E-state index contributed by atoms with van der Waals surface area (Å²) < 4.78 is 5.39. The molecular formula is C13H26N2O4. The largest absolute Gasteiger partial charge is 0.481 e. The van der Waals surface area contributed by atoms with Crippen LogP contribution in [-0.4, -0.2) is 42.9 Å². The molecule has 1 unspecified atom stereocenters. The van der Waals surface area contributed by atoms with Gasteiger partial charge in [-0.25, -0.2) is 4.79 Å². The molecular weight excluding hydrogens is 248 g/mol. The molecule has 19 heavy (non-hydrogen) atoms. The predicted molar refractivity (Wildman–Crippen MR) is 73.1 cm³/mol. The third-order valence-corrected chi connectivity index (χ3v) is 2.37. The Hall–Kier alpha value is -1.30. The first-order valence-corrected chi connectivity index (χ1v) is 6.75. The van der Waals surface area contributed by atoms with Crippen LogP contribution in [0.2, 0.25) is 0 Å². The summed E-state index contributed by atoms with van der Waals surface area (Å²) in [5.41, 5.74) is 0. The fraction of sp³-hybridized carbons (Fsp3) is 0.846. The topological polar surface area (TPSA) is 87.7 Å². The Morgan fingerprint density at radius 3 is 2.53 bits per heavy atom. The Balaban J connectivity index is 3.45. The fourth-order valence-electron chi connectivity index (χ4n) is 1.38. The van der Waals surface area contributed by atoms with Gasteiger partial charge in [0.2, 0.25) is 0 Å². The SMILES string of the molecule is CC(C)COCCCNC(=O)NC(C)CCC(=O)O. The molecule has 2 amide bonds. The van der Waals surface area contributed by atoms with Gasteiger partial charge in [0.15, 0.2) is 0 Å². The molecule has 0 saturated carbocycles. The minimum atomic E-state index is -0.851. The Kier molecular flexibility index (Phi) is 9.88. The first-order chi connectivity index (χ1) is 8.91. The van der Waals surface area contributed by atoms with Crippen molar-refractivity contribution < 1.29 is 19.4 Å². The lowest BCUT2D eigenvalue weighted by molar-refractivity contribution is -0.137. The molecule has 0 aromatic heterocycles. The summed E-state index contributed by atoms with van der Waals surface area (Å²) in [6.45, 7) is 7.88. The van der Waals surface area contributed by atoms with Gasteiger partial charge in [-0.1, -0.05) is 13.8 Å². The molecule has 0 rings (SSSR count). The molecule has 6 nitrogen and oxygen atoms in total. The molecule has 0 bridgehead atoms. The highest BCUT2D eigenvalue weighted by molar-refractivity contribution is 5.74. The summed E-state index contributed by atoms with van der Waals surface area (Å²) in [4.78, 5) is 21.8. The van der Waals surface area contributed by atoms with Crippen molar-refractivity contribution in [3.05, 3.63) is 0 Å². The smallest absolute Gasteiger partial charge is 0.314 e. The van der Waals surface area contributed by atoms with Gasteiger partial charge in [0.05, 0.1) is 0 Å². The van der Waals surface area contributed by atoms with Crippen molar-refractivity contribution in [2.24, 2.45) is 5.92 Å². The van der Waals surface area contributed by atoms with Gasteiger partial charge in [-0.15, -0.1) is 0 Å². The van der Waals surface area contributed by atoms with Crippen LogP contribution in [0.15, 0.2) is 0 Å². The van der Waals surface area contributed by atoms with Crippen LogP contribution in [-0.2, 0) is 9.53 Å². The van der Waals surface area contributed by atoms with E-state index in [1.165, 1.54) is 0 Å². The second-order valence-electron chi connectivity index (χ2n) is 5.06. The number of urea groups is 1. The van der Waals surface area contributed by atoms with Gasteiger partial charge < -0.3 is 20.5 Å². The summed E-state index contributed by atoms with van der Waals surface area (Å²) >= 11 is 0. The number of hydrogen-bond donors (Lipinski definition) is 3. The average molecular weight is 274 g/mol. The van der Waals surface area contributed by atoms with Crippen LogP contribution >= 0.6 is 0 Å². The number of rotatable bonds is 10. The molecule has 1 atom stereocenters. The second-order valence-corrected chi connectivity index (χ2v) is 5.06. The average Bonchev–Trinajstić information content (AvgIpc) is 2.30. The Labute approximate surface area is 114 Å². The van der Waals surface area contributed by atoms with Gasteiger partial charge in [0, 0.05) is 32.2 Å². The van der Waals surface area contributed by atoms with Gasteiger partial charge in [-0.2, -0.15) is 0 Å². The zero-order valence-corrected chi connectivity index (χ0v) is 12.1. The van der Waals surface area contributed by atoms with E-state index in [0.717, 1.165) is 13.0 Å². The highest BCUT2D eigenvalue weighted by atomic mass is 16.5. The zero-order chi connectivity index (χ0) is 14.7. The van der Waals surface area contributed by atoms with Crippen molar-refractivity contribution in [2.75, 3.05) is 19.8 Å². The lowest BCUT2D eigenvalue weighted by atomic mass is 10.2. The van der Waals surface area contributed by atoms with Crippen LogP contribution in [0.5, 0.6) is 0 Å². The molecule has 0 fully saturated rings. The lowest BCUT2D eigenvalue weighted by Crippen LogP contribution is -2.41. The standard InChI is InChI=1S/C13H26N2O4/c1-10(2)9-19-8-4-7-14-13(18)15-11(3)5-6-12(16)17/h10-11H,4-9H2,1-3H3,(H,16,17)(H2,14,15,18). The quantitative estimate of drug-likeness (QED) is 0.528. The molecule has 0 spiro atoms. The molecule has 0 radical (unpaired) electrons. The number of ether oxygens (including phenoxy) is 1. The van der Waals surface area contributed by atoms with Crippen LogP contribution in [0, 0.1) is 5.92 Å². The molecule has 0 aromatic carbocycles. The van der Waals surface area contributed by atoms with E-state index in [2.05, 4.69) is 24.5 Å². The molecule has 0 aliphatic heterocycles. The van der Waals surface area contributed by atoms with Crippen molar-refractivity contribution in [1.29, 1.82) is 0 Å². The third kappa shape index (κ3) is 12.9. The Morgan fingerprint density at radius 2 is 1.95 bits per heavy atom. The van der Waals surface area contributed by atoms with Crippen LogP contribution in [0.3, 0.4) is 0 Å². The minimum absolute atomic E-state index is 0.0600. The van der Waals surface area contributed by atoms with Gasteiger partial charge in [-0.3, -0.25) is 4.79 Å². The van der Waals surface area contributed by atoms with Crippen LogP contribution in [0.25, 0.3) is 0 Å². The number of carbonyl (C=O) groups is 2. The van der Waals surface area contributed by atoms with Gasteiger partial charge in [0.1, 0.15) is 0 Å². The van der Waals surface area contributed by atoms with E-state index in [4.69, 9.17) is 9.84 Å². The second kappa shape index (κ2) is 10.6. The maximum atomic E-state index is 11.4. The number of carboxylic acid groups (broad SMARTS) is 1. The van der Waals surface area contributed by atoms with Crippen LogP contribution < -0.4 is 10.6 Å². The first kappa shape index (κ1) is 17.7. The first-order valence-electron chi connectivity index (χ1n) is 6.75. The monoisotopic (exact) mass is 274 g/mol. The molecule has 0 saturated heterocycles. The zero-order valence-electron chi connectivity index (χ0n) is 12.1. The fourth-order valence-corrected chi connectivity index (χ4v) is 1.38. The molecule has 0 aromatic rings. The van der Waals surface area contributed by atoms with Crippen molar-refractivity contribution in [3.63, 3.8) is 0 Å². The van der Waals surface area contributed by atoms with Gasteiger partial charge in [-0.05, 0) is 25.7 Å². The third-order valence-electron chi connectivity index (χ3n) is 2.37. The van der Waals surface area contributed by atoms with Crippen molar-refractivity contribution in [1.82, 2.24) is 10.6 Å². The van der Waals surface area contributed by atoms with E-state index in [1.807, 2.05) is 0 Å². The summed E-state index contributed by atoms with van der Waals surface area (Å²) in [5, 5.41) is 13.9. The molecule has 0 aliphatic rings. The van der Waals surface area contributed by atoms with Gasteiger partial charge >= 0.3 is 12.0 Å². The van der Waals surface area contributed by atoms with E-state index in [9.17, 15) is 9.59 Å². The number of carbonyl (C=O) groups excluding carboxylic acids is 1. The normalized spacial score (nSPS) is 12.2. The van der Waals surface area contributed by atoms with E-state index in [-0.39, 0.29) is 18.5 Å². The van der Waals surface area contributed by atoms with E-state index >= 15 is 0 Å². The summed E-state index contributed by atoms with van der Waals surface area (Å²) in [6, 6.07) is -0.407. The van der Waals surface area contributed by atoms with Crippen LogP contribution in [0.1, 0.15) is 40.0 Å². The van der Waals surface area contributed by atoms with Crippen LogP contribution in [0.4, 0.5) is 4.79 Å². The number of carboxylic acids is 1. The highest BCUT2D eigenvalue weighted by Crippen LogP contribution is 1.96. The summed E-state index contributed by atoms with van der Waals surface area (Å²) in [6.07, 6.45) is 1.26. The number of nitrogens with one attached hydrogen (secondary N) is 2. The maximum Gasteiger partial charge on any atom is 0.314 e. The number of amides is 2. The predicted octanol–water partition coefficient (Wildman–Crippen LogP) is 1.60. The Morgan fingerprint density at radius 1 is 1.26 bits per heavy atom. The summed E-state index contributed by atoms with van der Waals surface area (Å²) in [7, 11) is 0. The molecule has 0 aliphatic carbocycles. The molecule has 3 N–H and O–H groups in total. The minimum Gasteiger partial charge on any atom is -0.481 e. The van der Waals surface area contributed by atoms with Crippen molar-refractivity contribution >= 4 is 12.0 Å². The molecule has 112 valence electrons. The van der Waals surface area contributed by atoms with E-state index in [0.29, 0.717) is 25.5 Å². The van der Waals surface area contributed by atoms with Gasteiger partial charge in [0.25, 0.3) is 0 Å². The molecule has 6 heteroatoms. The number of aliphatic carboxylic acids is 1. The number of hydrogen-bond acceptors (Lipinski definition) is 3. The lowest BCUT2D eigenvalue weighted by Gasteiger charge is -2.13. The summed E-state index contributed by atoms with van der Waals surface area (Å²) in [5.74, 6) is -0.331. The Bertz CT molecular complexity index is 269. The molecule has 0 heterocycles. The van der Waals surface area contributed by atoms with E-state index < -0.39 is 5.97 Å². The maximum absolute atomic E-state index is 11.4.